The third-order valence-corrected chi connectivity index (χ3v) is 10.3. The molecule has 3 saturated carbocycles. The molecule has 4 aliphatic carbocycles. The Morgan fingerprint density at radius 2 is 1.72 bits per heavy atom. The van der Waals surface area contributed by atoms with Gasteiger partial charge in [-0.05, 0) is 87.5 Å². The minimum absolute atomic E-state index is 0.0427. The Morgan fingerprint density at radius 3 is 2.42 bits per heavy atom. The maximum absolute atomic E-state index is 12.4. The van der Waals surface area contributed by atoms with Gasteiger partial charge in [-0.2, -0.15) is 0 Å². The van der Waals surface area contributed by atoms with E-state index in [2.05, 4.69) is 25.1 Å². The second kappa shape index (κ2) is 8.78. The predicted octanol–water partition coefficient (Wildman–Crippen LogP) is 3.25. The third kappa shape index (κ3) is 3.73. The lowest BCUT2D eigenvalue weighted by atomic mass is 9.46. The van der Waals surface area contributed by atoms with Crippen LogP contribution < -0.4 is 0 Å². The fourth-order valence-corrected chi connectivity index (χ4v) is 8.19. The second-order valence-electron chi connectivity index (χ2n) is 11.8. The quantitative estimate of drug-likeness (QED) is 0.454. The number of rotatable bonds is 5. The Balaban J connectivity index is 1.24. The number of hydrogen-bond acceptors (Lipinski definition) is 8. The number of nitrogens with zero attached hydrogens (tertiary/aromatic N) is 2. The molecule has 0 aromatic carbocycles. The zero-order valence-electron chi connectivity index (χ0n) is 21.4. The molecule has 1 saturated heterocycles. The van der Waals surface area contributed by atoms with Crippen molar-refractivity contribution in [2.75, 3.05) is 6.61 Å². The molecule has 0 unspecified atom stereocenters. The number of allylic oxidation sites excluding steroid dienone is 2. The summed E-state index contributed by atoms with van der Waals surface area (Å²) < 4.78 is 0. The monoisotopic (exact) mass is 500 g/mol. The average Bonchev–Trinajstić information content (AvgIpc) is 3.30. The highest BCUT2D eigenvalue weighted by Crippen LogP contribution is 2.67. The predicted molar refractivity (Wildman–Crippen MR) is 128 cm³/mol. The zero-order valence-corrected chi connectivity index (χ0v) is 21.4. The first kappa shape index (κ1) is 25.1. The van der Waals surface area contributed by atoms with E-state index in [1.807, 2.05) is 0 Å². The van der Waals surface area contributed by atoms with Crippen molar-refractivity contribution in [1.82, 2.24) is 5.06 Å². The summed E-state index contributed by atoms with van der Waals surface area (Å²) in [7, 11) is 0. The maximum Gasteiger partial charge on any atom is 0.373 e. The van der Waals surface area contributed by atoms with Crippen molar-refractivity contribution in [3.8, 4) is 0 Å². The van der Waals surface area contributed by atoms with Gasteiger partial charge in [0.1, 0.15) is 5.60 Å². The number of Topliss-reactive ketones (excluding diaryl/α,β-unsaturated/α-hetero) is 1. The highest BCUT2D eigenvalue weighted by Gasteiger charge is 2.65. The summed E-state index contributed by atoms with van der Waals surface area (Å²) in [6.07, 6.45) is 9.19. The van der Waals surface area contributed by atoms with Crippen LogP contribution in [0.4, 0.5) is 0 Å². The summed E-state index contributed by atoms with van der Waals surface area (Å²) in [5.41, 5.74) is 0.646. The Hall–Kier alpha value is -2.55. The van der Waals surface area contributed by atoms with E-state index >= 15 is 0 Å². The van der Waals surface area contributed by atoms with E-state index in [1.165, 1.54) is 12.5 Å². The Kier molecular flexibility index (Phi) is 6.13. The molecule has 9 heteroatoms. The number of fused-ring (bicyclic) bond motifs is 5. The van der Waals surface area contributed by atoms with E-state index in [0.717, 1.165) is 50.7 Å². The Labute approximate surface area is 211 Å². The maximum atomic E-state index is 12.4. The van der Waals surface area contributed by atoms with Crippen LogP contribution >= 0.6 is 0 Å². The summed E-state index contributed by atoms with van der Waals surface area (Å²) in [4.78, 5) is 57.5. The lowest BCUT2D eigenvalue weighted by Gasteiger charge is -2.59. The molecule has 4 fully saturated rings. The molecule has 0 bridgehead atoms. The molecule has 1 aliphatic heterocycles. The first-order valence-electron chi connectivity index (χ1n) is 13.2. The lowest BCUT2D eigenvalue weighted by Crippen LogP contribution is -2.57. The fraction of sp³-hybridized carbons (Fsp3) is 0.741. The number of carbonyl (C=O) groups is 4. The largest absolute Gasteiger partial charge is 0.383 e. The van der Waals surface area contributed by atoms with Crippen LogP contribution in [0, 0.1) is 28.6 Å². The Bertz CT molecular complexity index is 1050. The first-order chi connectivity index (χ1) is 17.0. The normalized spacial score (nSPS) is 40.9. The molecular formula is C27H36N2O7. The molecule has 0 aromatic rings. The number of oxime groups is 1. The molecule has 1 N–H and O–H groups in total. The molecule has 196 valence electrons. The molecular weight excluding hydrogens is 464 g/mol. The van der Waals surface area contributed by atoms with Crippen LogP contribution in [0.2, 0.25) is 0 Å². The van der Waals surface area contributed by atoms with E-state index < -0.39 is 30.0 Å². The minimum Gasteiger partial charge on any atom is -0.383 e. The molecule has 2 amide bonds. The number of hydroxylamine groups is 2. The number of carbonyl (C=O) groups excluding carboxylic acids is 4. The molecule has 5 rings (SSSR count). The van der Waals surface area contributed by atoms with Gasteiger partial charge in [0.2, 0.25) is 6.61 Å². The van der Waals surface area contributed by atoms with E-state index in [1.54, 1.807) is 0 Å². The van der Waals surface area contributed by atoms with Crippen molar-refractivity contribution >= 4 is 29.3 Å². The van der Waals surface area contributed by atoms with Crippen molar-refractivity contribution < 1.29 is 34.0 Å². The van der Waals surface area contributed by atoms with Crippen LogP contribution in [0.5, 0.6) is 0 Å². The number of ketones is 1. The number of aliphatic hydroxyl groups is 1. The molecule has 0 spiro atoms. The van der Waals surface area contributed by atoms with Crippen LogP contribution in [-0.4, -0.2) is 51.7 Å². The molecule has 36 heavy (non-hydrogen) atoms. The molecule has 1 heterocycles. The third-order valence-electron chi connectivity index (χ3n) is 10.3. The van der Waals surface area contributed by atoms with E-state index in [-0.39, 0.29) is 29.5 Å². The number of imide groups is 1. The number of hydrogen-bond donors (Lipinski definition) is 1. The van der Waals surface area contributed by atoms with Crippen molar-refractivity contribution in [2.24, 2.45) is 33.7 Å². The smallest absolute Gasteiger partial charge is 0.373 e. The standard InChI is InChI=1S/C27H36N2O7/c1-16(30)27(34)13-10-21-19-5-4-17-14-18(8-11-25(17,2)20(19)9-12-26(21,27)3)28-35-15-24(33)36-29-22(31)6-7-23(29)32/h14,19-21,34H,4-13,15H2,1-3H3/b28-18+/t19-,20+,21+,25-,26-,27-/m0/s1. The van der Waals surface area contributed by atoms with Gasteiger partial charge in [0, 0.05) is 18.3 Å². The summed E-state index contributed by atoms with van der Waals surface area (Å²) in [5, 5.41) is 16.0. The van der Waals surface area contributed by atoms with Gasteiger partial charge in [0.15, 0.2) is 5.78 Å². The molecule has 6 atom stereocenters. The van der Waals surface area contributed by atoms with E-state index in [4.69, 9.17) is 9.68 Å². The fourth-order valence-electron chi connectivity index (χ4n) is 8.19. The van der Waals surface area contributed by atoms with Gasteiger partial charge < -0.3 is 14.8 Å². The van der Waals surface area contributed by atoms with Crippen molar-refractivity contribution in [3.63, 3.8) is 0 Å². The van der Waals surface area contributed by atoms with Crippen molar-refractivity contribution in [2.45, 2.75) is 90.6 Å². The summed E-state index contributed by atoms with van der Waals surface area (Å²) in [6, 6.07) is 0. The van der Waals surface area contributed by atoms with Gasteiger partial charge in [0.25, 0.3) is 11.8 Å². The highest BCUT2D eigenvalue weighted by atomic mass is 16.7. The van der Waals surface area contributed by atoms with E-state index in [9.17, 15) is 24.3 Å². The summed E-state index contributed by atoms with van der Waals surface area (Å²) in [6.45, 7) is 5.55. The average molecular weight is 501 g/mol. The highest BCUT2D eigenvalue weighted by molar-refractivity contribution is 6.01. The SMILES string of the molecule is CC(=O)[C@@]1(O)CC[C@@H]2[C@H]3CCC4=C/C(=N/OCC(=O)ON5C(=O)CCC5=O)CC[C@]4(C)[C@@H]3CC[C@@]21C. The van der Waals surface area contributed by atoms with Crippen LogP contribution in [0.15, 0.2) is 16.8 Å². The second-order valence-corrected chi connectivity index (χ2v) is 11.8. The van der Waals surface area contributed by atoms with Gasteiger partial charge in [-0.25, -0.2) is 4.79 Å². The topological polar surface area (TPSA) is 123 Å². The first-order valence-corrected chi connectivity index (χ1v) is 13.2. The number of amides is 2. The van der Waals surface area contributed by atoms with Crippen molar-refractivity contribution in [3.05, 3.63) is 11.6 Å². The van der Waals surface area contributed by atoms with Crippen LogP contribution in [0.1, 0.15) is 85.0 Å². The zero-order chi connectivity index (χ0) is 25.9. The van der Waals surface area contributed by atoms with Crippen LogP contribution in [0.25, 0.3) is 0 Å². The van der Waals surface area contributed by atoms with Gasteiger partial charge in [-0.15, -0.1) is 5.06 Å². The van der Waals surface area contributed by atoms with Gasteiger partial charge >= 0.3 is 5.97 Å². The van der Waals surface area contributed by atoms with Crippen LogP contribution in [-0.2, 0) is 28.9 Å². The summed E-state index contributed by atoms with van der Waals surface area (Å²) >= 11 is 0. The van der Waals surface area contributed by atoms with Crippen LogP contribution in [0.3, 0.4) is 0 Å². The summed E-state index contributed by atoms with van der Waals surface area (Å²) in [5.74, 6) is -0.616. The lowest BCUT2D eigenvalue weighted by molar-refractivity contribution is -0.200. The van der Waals surface area contributed by atoms with E-state index in [0.29, 0.717) is 29.2 Å². The van der Waals surface area contributed by atoms with Crippen molar-refractivity contribution in [1.29, 1.82) is 0 Å². The molecule has 9 nitrogen and oxygen atoms in total. The van der Waals surface area contributed by atoms with Gasteiger partial charge in [-0.1, -0.05) is 24.6 Å². The van der Waals surface area contributed by atoms with Gasteiger partial charge in [-0.3, -0.25) is 14.4 Å². The Morgan fingerprint density at radius 1 is 1.03 bits per heavy atom. The molecule has 0 aromatic heterocycles. The molecule has 0 radical (unpaired) electrons. The molecule has 5 aliphatic rings. The minimum atomic E-state index is -1.19. The van der Waals surface area contributed by atoms with Gasteiger partial charge in [0.05, 0.1) is 5.71 Å².